The molecule has 8 heteroatoms. The first kappa shape index (κ1) is 16.1. The van der Waals surface area contributed by atoms with E-state index in [1.54, 1.807) is 6.07 Å². The van der Waals surface area contributed by atoms with Gasteiger partial charge in [-0.2, -0.15) is 0 Å². The molecular formula is C12H19N5O2S. The number of hydrogen-bond acceptors (Lipinski definition) is 4. The third kappa shape index (κ3) is 5.81. The second kappa shape index (κ2) is 7.61. The fraction of sp³-hybridized carbons (Fsp3) is 0.333. The van der Waals surface area contributed by atoms with E-state index in [2.05, 4.69) is 26.6 Å². The quantitative estimate of drug-likeness (QED) is 0.280. The Labute approximate surface area is 119 Å². The van der Waals surface area contributed by atoms with E-state index < -0.39 is 10.0 Å². The third-order valence-electron chi connectivity index (χ3n) is 2.19. The summed E-state index contributed by atoms with van der Waals surface area (Å²) < 4.78 is 26.1. The van der Waals surface area contributed by atoms with E-state index in [0.29, 0.717) is 13.1 Å². The molecule has 0 radical (unpaired) electrons. The number of aromatic nitrogens is 1. The number of pyridine rings is 1. The lowest BCUT2D eigenvalue weighted by atomic mass is 10.4. The molecule has 0 saturated carbocycles. The second-order valence-corrected chi connectivity index (χ2v) is 5.94. The van der Waals surface area contributed by atoms with E-state index in [1.807, 2.05) is 6.92 Å². The molecule has 1 aromatic heterocycles. The summed E-state index contributed by atoms with van der Waals surface area (Å²) in [6, 6.07) is 3.04. The minimum Gasteiger partial charge on any atom is -0.370 e. The standard InChI is InChI=1S/C12H19N5O2S/c1-10(2)8-16-12(13)15-6-7-17-20(18,19)11-4-3-5-14-9-11/h3-5,9,17H,1,6-8H2,2H3,(H3,13,15,16). The van der Waals surface area contributed by atoms with Crippen molar-refractivity contribution in [3.8, 4) is 0 Å². The highest BCUT2D eigenvalue weighted by Gasteiger charge is 2.12. The predicted octanol–water partition coefficient (Wildman–Crippen LogP) is -0.160. The first-order valence-electron chi connectivity index (χ1n) is 5.99. The first-order valence-corrected chi connectivity index (χ1v) is 7.48. The van der Waals surface area contributed by atoms with E-state index in [9.17, 15) is 8.42 Å². The van der Waals surface area contributed by atoms with Crippen LogP contribution in [0.5, 0.6) is 0 Å². The lowest BCUT2D eigenvalue weighted by Gasteiger charge is -2.08. The molecule has 4 N–H and O–H groups in total. The van der Waals surface area contributed by atoms with Gasteiger partial charge in [0.05, 0.1) is 6.54 Å². The van der Waals surface area contributed by atoms with Gasteiger partial charge in [-0.05, 0) is 19.1 Å². The van der Waals surface area contributed by atoms with Crippen LogP contribution in [-0.2, 0) is 10.0 Å². The van der Waals surface area contributed by atoms with E-state index >= 15 is 0 Å². The van der Waals surface area contributed by atoms with Crippen LogP contribution in [0.3, 0.4) is 0 Å². The van der Waals surface area contributed by atoms with Crippen molar-refractivity contribution in [1.29, 1.82) is 0 Å². The summed E-state index contributed by atoms with van der Waals surface area (Å²) in [5.74, 6) is 0.258. The van der Waals surface area contributed by atoms with Crippen LogP contribution in [0.15, 0.2) is 46.6 Å². The van der Waals surface area contributed by atoms with E-state index in [4.69, 9.17) is 5.73 Å². The van der Waals surface area contributed by atoms with Crippen LogP contribution < -0.4 is 15.8 Å². The number of guanidine groups is 1. The summed E-state index contributed by atoms with van der Waals surface area (Å²) >= 11 is 0. The molecule has 0 unspecified atom stereocenters. The van der Waals surface area contributed by atoms with E-state index in [1.165, 1.54) is 18.5 Å². The van der Waals surface area contributed by atoms with Crippen molar-refractivity contribution >= 4 is 16.0 Å². The molecule has 0 atom stereocenters. The zero-order valence-electron chi connectivity index (χ0n) is 11.3. The van der Waals surface area contributed by atoms with Gasteiger partial charge in [0.15, 0.2) is 5.96 Å². The molecule has 0 aliphatic rings. The lowest BCUT2D eigenvalue weighted by Crippen LogP contribution is -2.38. The Morgan fingerprint density at radius 3 is 2.85 bits per heavy atom. The number of hydrogen-bond donors (Lipinski definition) is 3. The summed E-state index contributed by atoms with van der Waals surface area (Å²) in [7, 11) is -3.53. The van der Waals surface area contributed by atoms with Crippen LogP contribution in [0.1, 0.15) is 6.92 Å². The van der Waals surface area contributed by atoms with Crippen molar-refractivity contribution in [1.82, 2.24) is 15.0 Å². The number of nitrogens with two attached hydrogens (primary N) is 1. The average molecular weight is 297 g/mol. The Kier molecular flexibility index (Phi) is 6.13. The average Bonchev–Trinajstić information content (AvgIpc) is 2.42. The van der Waals surface area contributed by atoms with Gasteiger partial charge in [-0.3, -0.25) is 4.98 Å². The smallest absolute Gasteiger partial charge is 0.242 e. The molecule has 0 amide bonds. The van der Waals surface area contributed by atoms with Crippen LogP contribution in [0, 0.1) is 0 Å². The van der Waals surface area contributed by atoms with Crippen molar-refractivity contribution < 1.29 is 8.42 Å². The fourth-order valence-corrected chi connectivity index (χ4v) is 2.24. The van der Waals surface area contributed by atoms with Crippen molar-refractivity contribution in [3.63, 3.8) is 0 Å². The number of nitrogens with zero attached hydrogens (tertiary/aromatic N) is 2. The van der Waals surface area contributed by atoms with Crippen LogP contribution in [0.25, 0.3) is 0 Å². The molecule has 20 heavy (non-hydrogen) atoms. The number of aliphatic imine (C=N–C) groups is 1. The highest BCUT2D eigenvalue weighted by molar-refractivity contribution is 7.89. The Morgan fingerprint density at radius 1 is 1.50 bits per heavy atom. The third-order valence-corrected chi connectivity index (χ3v) is 3.63. The summed E-state index contributed by atoms with van der Waals surface area (Å²) in [4.78, 5) is 7.91. The molecule has 0 aliphatic heterocycles. The Bertz CT molecular complexity index is 569. The summed E-state index contributed by atoms with van der Waals surface area (Å²) in [5.41, 5.74) is 6.49. The van der Waals surface area contributed by atoms with Gasteiger partial charge in [-0.25, -0.2) is 18.1 Å². The molecule has 1 aromatic rings. The maximum atomic E-state index is 11.8. The Hall–Kier alpha value is -1.93. The van der Waals surface area contributed by atoms with Crippen LogP contribution in [0.4, 0.5) is 0 Å². The van der Waals surface area contributed by atoms with Crippen molar-refractivity contribution in [2.45, 2.75) is 11.8 Å². The number of sulfonamides is 1. The highest BCUT2D eigenvalue weighted by Crippen LogP contribution is 2.04. The lowest BCUT2D eigenvalue weighted by molar-refractivity contribution is 0.580. The molecular weight excluding hydrogens is 278 g/mol. The molecule has 0 aromatic carbocycles. The van der Waals surface area contributed by atoms with Gasteiger partial charge in [0, 0.05) is 25.5 Å². The van der Waals surface area contributed by atoms with Crippen molar-refractivity contribution in [2.24, 2.45) is 10.7 Å². The normalized spacial score (nSPS) is 12.2. The summed E-state index contributed by atoms with van der Waals surface area (Å²) in [6.45, 7) is 6.53. The largest absolute Gasteiger partial charge is 0.370 e. The van der Waals surface area contributed by atoms with Gasteiger partial charge in [-0.1, -0.05) is 12.2 Å². The van der Waals surface area contributed by atoms with Crippen LogP contribution in [0.2, 0.25) is 0 Å². The van der Waals surface area contributed by atoms with E-state index in [-0.39, 0.29) is 17.4 Å². The molecule has 1 rings (SSSR count). The zero-order chi connectivity index (χ0) is 15.0. The second-order valence-electron chi connectivity index (χ2n) is 4.17. The minimum atomic E-state index is -3.53. The zero-order valence-corrected chi connectivity index (χ0v) is 12.2. The maximum Gasteiger partial charge on any atom is 0.242 e. The van der Waals surface area contributed by atoms with Crippen LogP contribution >= 0.6 is 0 Å². The molecule has 0 spiro atoms. The monoisotopic (exact) mass is 297 g/mol. The molecule has 0 bridgehead atoms. The highest BCUT2D eigenvalue weighted by atomic mass is 32.2. The summed E-state index contributed by atoms with van der Waals surface area (Å²) in [5, 5.41) is 2.81. The van der Waals surface area contributed by atoms with Crippen molar-refractivity contribution in [3.05, 3.63) is 36.7 Å². The SMILES string of the molecule is C=C(C)CN=C(N)NCCNS(=O)(=O)c1cccnc1. The molecule has 1 heterocycles. The van der Waals surface area contributed by atoms with E-state index in [0.717, 1.165) is 5.57 Å². The van der Waals surface area contributed by atoms with Gasteiger partial charge in [-0.15, -0.1) is 0 Å². The van der Waals surface area contributed by atoms with Gasteiger partial charge in [0.1, 0.15) is 4.90 Å². The molecule has 0 saturated heterocycles. The Morgan fingerprint density at radius 2 is 2.25 bits per heavy atom. The maximum absolute atomic E-state index is 11.8. The molecule has 7 nitrogen and oxygen atoms in total. The van der Waals surface area contributed by atoms with Gasteiger partial charge >= 0.3 is 0 Å². The number of nitrogens with one attached hydrogen (secondary N) is 2. The fourth-order valence-electron chi connectivity index (χ4n) is 1.24. The molecule has 0 fully saturated rings. The van der Waals surface area contributed by atoms with Gasteiger partial charge in [0.25, 0.3) is 0 Å². The topological polar surface area (TPSA) is 109 Å². The molecule has 110 valence electrons. The minimum absolute atomic E-state index is 0.129. The predicted molar refractivity (Wildman–Crippen MR) is 78.7 cm³/mol. The van der Waals surface area contributed by atoms with Gasteiger partial charge in [0.2, 0.25) is 10.0 Å². The summed E-state index contributed by atoms with van der Waals surface area (Å²) in [6.07, 6.45) is 2.80. The molecule has 0 aliphatic carbocycles. The van der Waals surface area contributed by atoms with Crippen LogP contribution in [-0.4, -0.2) is 39.0 Å². The Balaban J connectivity index is 2.38. The number of rotatable bonds is 7. The van der Waals surface area contributed by atoms with Crippen molar-refractivity contribution in [2.75, 3.05) is 19.6 Å². The van der Waals surface area contributed by atoms with Gasteiger partial charge < -0.3 is 11.1 Å². The first-order chi connectivity index (χ1) is 9.42.